The van der Waals surface area contributed by atoms with Gasteiger partial charge in [0.2, 0.25) is 0 Å². The first-order valence-electron chi connectivity index (χ1n) is 10.3. The minimum atomic E-state index is -0.0911. The van der Waals surface area contributed by atoms with Gasteiger partial charge in [0, 0.05) is 42.8 Å². The molecule has 0 atom stereocenters. The Morgan fingerprint density at radius 3 is 2.70 bits per heavy atom. The maximum Gasteiger partial charge on any atom is 0.270 e. The number of benzene rings is 1. The van der Waals surface area contributed by atoms with Crippen LogP contribution in [0.2, 0.25) is 0 Å². The van der Waals surface area contributed by atoms with Gasteiger partial charge >= 0.3 is 0 Å². The van der Waals surface area contributed by atoms with Gasteiger partial charge < -0.3 is 10.1 Å². The fourth-order valence-corrected chi connectivity index (χ4v) is 4.39. The average molecular weight is 423 g/mol. The molecule has 2 aromatic heterocycles. The summed E-state index contributed by atoms with van der Waals surface area (Å²) in [5.41, 5.74) is 2.56. The van der Waals surface area contributed by atoms with Crippen molar-refractivity contribution in [2.75, 3.05) is 19.7 Å². The molecule has 7 heteroatoms. The average Bonchev–Trinajstić information content (AvgIpc) is 3.27. The van der Waals surface area contributed by atoms with E-state index in [1.807, 2.05) is 54.9 Å². The molecule has 0 radical (unpaired) electrons. The number of likely N-dealkylation sites (tertiary alicyclic amines) is 1. The molecule has 1 aliphatic rings. The predicted octanol–water partition coefficient (Wildman–Crippen LogP) is 4.00. The largest absolute Gasteiger partial charge is 0.494 e. The van der Waals surface area contributed by atoms with E-state index in [-0.39, 0.29) is 11.9 Å². The molecule has 0 bridgehead atoms. The third-order valence-electron chi connectivity index (χ3n) is 5.18. The molecule has 4 rings (SSSR count). The highest BCUT2D eigenvalue weighted by molar-refractivity contribution is 7.13. The van der Waals surface area contributed by atoms with Crippen LogP contribution in [0.5, 0.6) is 5.75 Å². The minimum Gasteiger partial charge on any atom is -0.494 e. The van der Waals surface area contributed by atoms with Gasteiger partial charge in [-0.15, -0.1) is 11.3 Å². The summed E-state index contributed by atoms with van der Waals surface area (Å²) < 4.78 is 5.48. The van der Waals surface area contributed by atoms with Gasteiger partial charge in [0.1, 0.15) is 16.5 Å². The van der Waals surface area contributed by atoms with E-state index in [1.54, 1.807) is 0 Å². The third kappa shape index (κ3) is 5.23. The maximum atomic E-state index is 12.7. The Labute approximate surface area is 180 Å². The van der Waals surface area contributed by atoms with Gasteiger partial charge in [-0.2, -0.15) is 0 Å². The Hall–Kier alpha value is -2.77. The molecule has 1 N–H and O–H groups in total. The molecular weight excluding hydrogens is 396 g/mol. The number of hydrogen-bond donors (Lipinski definition) is 1. The molecule has 1 saturated heterocycles. The smallest absolute Gasteiger partial charge is 0.270 e. The number of carbonyl (C=O) groups excluding carboxylic acids is 1. The van der Waals surface area contributed by atoms with E-state index in [1.165, 1.54) is 11.3 Å². The Morgan fingerprint density at radius 2 is 2.00 bits per heavy atom. The number of nitrogens with one attached hydrogen (secondary N) is 1. The fraction of sp³-hybridized carbons (Fsp3) is 0.348. The maximum absolute atomic E-state index is 12.7. The number of aromatic nitrogens is 2. The van der Waals surface area contributed by atoms with Crippen molar-refractivity contribution in [1.29, 1.82) is 0 Å². The number of rotatable bonds is 7. The molecule has 3 heterocycles. The first-order valence-corrected chi connectivity index (χ1v) is 11.2. The molecule has 6 nitrogen and oxygen atoms in total. The summed E-state index contributed by atoms with van der Waals surface area (Å²) in [5.74, 6) is 0.747. The van der Waals surface area contributed by atoms with Crippen LogP contribution in [0.25, 0.3) is 10.6 Å². The fourth-order valence-electron chi connectivity index (χ4n) is 3.59. The number of ether oxygens (including phenoxy) is 1. The van der Waals surface area contributed by atoms with Gasteiger partial charge in [0.05, 0.1) is 12.3 Å². The van der Waals surface area contributed by atoms with Crippen molar-refractivity contribution in [2.45, 2.75) is 32.4 Å². The summed E-state index contributed by atoms with van der Waals surface area (Å²) in [4.78, 5) is 24.0. The van der Waals surface area contributed by atoms with Crippen LogP contribution in [0.4, 0.5) is 0 Å². The van der Waals surface area contributed by atoms with Crippen molar-refractivity contribution in [3.8, 4) is 16.3 Å². The number of nitrogens with zero attached hydrogens (tertiary/aromatic N) is 3. The Morgan fingerprint density at radius 1 is 1.20 bits per heavy atom. The highest BCUT2D eigenvalue weighted by Crippen LogP contribution is 2.26. The van der Waals surface area contributed by atoms with E-state index in [0.717, 1.165) is 54.5 Å². The summed E-state index contributed by atoms with van der Waals surface area (Å²) >= 11 is 1.49. The van der Waals surface area contributed by atoms with Crippen molar-refractivity contribution in [3.63, 3.8) is 0 Å². The van der Waals surface area contributed by atoms with Crippen molar-refractivity contribution in [2.24, 2.45) is 0 Å². The lowest BCUT2D eigenvalue weighted by atomic mass is 10.0. The van der Waals surface area contributed by atoms with E-state index in [9.17, 15) is 4.79 Å². The van der Waals surface area contributed by atoms with Crippen LogP contribution < -0.4 is 10.1 Å². The van der Waals surface area contributed by atoms with Crippen LogP contribution in [-0.2, 0) is 6.54 Å². The first kappa shape index (κ1) is 20.5. The van der Waals surface area contributed by atoms with Gasteiger partial charge in [-0.1, -0.05) is 6.07 Å². The second kappa shape index (κ2) is 9.82. The Bertz CT molecular complexity index is 951. The molecule has 1 amide bonds. The van der Waals surface area contributed by atoms with Crippen LogP contribution in [0.3, 0.4) is 0 Å². The number of hydrogen-bond acceptors (Lipinski definition) is 6. The molecule has 1 aliphatic heterocycles. The molecule has 156 valence electrons. The lowest BCUT2D eigenvalue weighted by Crippen LogP contribution is -2.44. The summed E-state index contributed by atoms with van der Waals surface area (Å²) in [7, 11) is 0. The van der Waals surface area contributed by atoms with E-state index in [4.69, 9.17) is 4.74 Å². The van der Waals surface area contributed by atoms with Crippen molar-refractivity contribution >= 4 is 17.2 Å². The summed E-state index contributed by atoms with van der Waals surface area (Å²) in [6.45, 7) is 5.37. The van der Waals surface area contributed by atoms with Gasteiger partial charge in [0.15, 0.2) is 0 Å². The Balaban J connectivity index is 1.28. The van der Waals surface area contributed by atoms with Crippen LogP contribution in [0, 0.1) is 0 Å². The second-order valence-corrected chi connectivity index (χ2v) is 8.20. The summed E-state index contributed by atoms with van der Waals surface area (Å²) in [6.07, 6.45) is 3.71. The first-order chi connectivity index (χ1) is 14.7. The summed E-state index contributed by atoms with van der Waals surface area (Å²) in [6, 6.07) is 14.0. The van der Waals surface area contributed by atoms with Crippen LogP contribution in [0.15, 0.2) is 54.0 Å². The molecule has 1 aromatic carbocycles. The van der Waals surface area contributed by atoms with E-state index in [0.29, 0.717) is 12.3 Å². The molecule has 0 unspecified atom stereocenters. The second-order valence-electron chi connectivity index (χ2n) is 7.34. The zero-order valence-electron chi connectivity index (χ0n) is 17.1. The number of piperidine rings is 1. The quantitative estimate of drug-likeness (QED) is 0.623. The van der Waals surface area contributed by atoms with E-state index in [2.05, 4.69) is 26.3 Å². The number of pyridine rings is 1. The molecule has 30 heavy (non-hydrogen) atoms. The van der Waals surface area contributed by atoms with Crippen LogP contribution in [-0.4, -0.2) is 46.5 Å². The number of thiazole rings is 1. The molecule has 0 aliphatic carbocycles. The third-order valence-corrected chi connectivity index (χ3v) is 6.08. The predicted molar refractivity (Wildman–Crippen MR) is 119 cm³/mol. The molecule has 1 fully saturated rings. The van der Waals surface area contributed by atoms with E-state index < -0.39 is 0 Å². The van der Waals surface area contributed by atoms with Crippen LogP contribution in [0.1, 0.15) is 35.9 Å². The summed E-state index contributed by atoms with van der Waals surface area (Å²) in [5, 5.41) is 5.82. The Kier molecular flexibility index (Phi) is 6.71. The molecular formula is C23H26N4O2S. The monoisotopic (exact) mass is 422 g/mol. The highest BCUT2D eigenvalue weighted by atomic mass is 32.1. The van der Waals surface area contributed by atoms with Gasteiger partial charge in [-0.05, 0) is 56.2 Å². The zero-order valence-corrected chi connectivity index (χ0v) is 17.9. The lowest BCUT2D eigenvalue weighted by molar-refractivity contribution is 0.0904. The number of amides is 1. The highest BCUT2D eigenvalue weighted by Gasteiger charge is 2.22. The normalized spacial score (nSPS) is 15.1. The van der Waals surface area contributed by atoms with Crippen molar-refractivity contribution in [3.05, 3.63) is 65.4 Å². The van der Waals surface area contributed by atoms with Gasteiger partial charge in [-0.3, -0.25) is 14.7 Å². The topological polar surface area (TPSA) is 67.3 Å². The molecule has 0 saturated carbocycles. The number of carbonyl (C=O) groups is 1. The standard InChI is InChI=1S/C23H26N4O2S/c1-2-29-20-8-6-17(7-9-20)23-26-21(16-30-23)22(28)25-18-10-13-27(14-11-18)15-19-5-3-4-12-24-19/h3-9,12,16,18H,2,10-11,13-15H2,1H3,(H,25,28). The SMILES string of the molecule is CCOc1ccc(-c2nc(C(=O)NC3CCN(Cc4ccccn4)CC3)cs2)cc1. The molecule has 0 spiro atoms. The molecule has 3 aromatic rings. The lowest BCUT2D eigenvalue weighted by Gasteiger charge is -2.31. The van der Waals surface area contributed by atoms with Crippen molar-refractivity contribution in [1.82, 2.24) is 20.2 Å². The van der Waals surface area contributed by atoms with E-state index >= 15 is 0 Å². The minimum absolute atomic E-state index is 0.0911. The van der Waals surface area contributed by atoms with Gasteiger partial charge in [0.25, 0.3) is 5.91 Å². The zero-order chi connectivity index (χ0) is 20.8. The van der Waals surface area contributed by atoms with Crippen LogP contribution >= 0.6 is 11.3 Å². The van der Waals surface area contributed by atoms with Crippen molar-refractivity contribution < 1.29 is 9.53 Å². The van der Waals surface area contributed by atoms with Gasteiger partial charge in [-0.25, -0.2) is 4.98 Å².